The van der Waals surface area contributed by atoms with E-state index in [4.69, 9.17) is 16.3 Å². The molecule has 0 aliphatic carbocycles. The van der Waals surface area contributed by atoms with Gasteiger partial charge in [-0.25, -0.2) is 0 Å². The number of pyridine rings is 2. The molecule has 0 aliphatic heterocycles. The molecule has 0 bridgehead atoms. The van der Waals surface area contributed by atoms with Crippen LogP contribution in [0.25, 0.3) is 10.9 Å². The molecule has 4 nitrogen and oxygen atoms in total. The van der Waals surface area contributed by atoms with Gasteiger partial charge in [-0.1, -0.05) is 41.9 Å². The maximum Gasteiger partial charge on any atom is 0.145 e. The second-order valence-electron chi connectivity index (χ2n) is 7.49. The number of benzene rings is 2. The van der Waals surface area contributed by atoms with Crippen LogP contribution in [0.15, 0.2) is 60.9 Å². The van der Waals surface area contributed by atoms with Crippen LogP contribution in [0, 0.1) is 13.8 Å². The van der Waals surface area contributed by atoms with Gasteiger partial charge in [-0.2, -0.15) is 0 Å². The highest BCUT2D eigenvalue weighted by Crippen LogP contribution is 2.39. The SMILES string of the molecule is COc1cc(C(Cc2cc(C)c(Cl)cn2)c2ccc3cccnc3c2O)ccc1C. The molecule has 0 aliphatic rings. The Kier molecular flexibility index (Phi) is 5.60. The van der Waals surface area contributed by atoms with E-state index >= 15 is 0 Å². The van der Waals surface area contributed by atoms with Crippen molar-refractivity contribution in [1.82, 2.24) is 9.97 Å². The second kappa shape index (κ2) is 8.33. The Morgan fingerprint density at radius 3 is 2.63 bits per heavy atom. The van der Waals surface area contributed by atoms with Crippen LogP contribution in [0.2, 0.25) is 5.02 Å². The van der Waals surface area contributed by atoms with Crippen LogP contribution >= 0.6 is 11.6 Å². The van der Waals surface area contributed by atoms with Crippen molar-refractivity contribution in [3.63, 3.8) is 0 Å². The van der Waals surface area contributed by atoms with E-state index in [-0.39, 0.29) is 11.7 Å². The zero-order valence-corrected chi connectivity index (χ0v) is 17.9. The number of fused-ring (bicyclic) bond motifs is 1. The minimum Gasteiger partial charge on any atom is -0.505 e. The fourth-order valence-corrected chi connectivity index (χ4v) is 3.91. The highest BCUT2D eigenvalue weighted by atomic mass is 35.5. The third-order valence-corrected chi connectivity index (χ3v) is 5.90. The molecule has 1 unspecified atom stereocenters. The molecule has 0 saturated heterocycles. The standard InChI is InChI=1S/C25H23ClN2O2/c1-15-6-7-18(12-23(15)30-3)21(13-19-11-16(2)22(26)14-28-19)20-9-8-17-5-4-10-27-24(17)25(20)29/h4-12,14,21,29H,13H2,1-3H3. The first-order valence-electron chi connectivity index (χ1n) is 9.80. The number of ether oxygens (including phenoxy) is 1. The molecular formula is C25H23ClN2O2. The maximum atomic E-state index is 11.1. The summed E-state index contributed by atoms with van der Waals surface area (Å²) in [6, 6.07) is 15.9. The number of halogens is 1. The predicted octanol–water partition coefficient (Wildman–Crippen LogP) is 5.99. The molecule has 152 valence electrons. The molecule has 1 N–H and O–H groups in total. The molecule has 4 rings (SSSR count). The fourth-order valence-electron chi connectivity index (χ4n) is 3.81. The number of hydrogen-bond acceptors (Lipinski definition) is 4. The third-order valence-electron chi connectivity index (χ3n) is 5.51. The van der Waals surface area contributed by atoms with E-state index < -0.39 is 0 Å². The van der Waals surface area contributed by atoms with Gasteiger partial charge in [-0.15, -0.1) is 0 Å². The Hall–Kier alpha value is -3.11. The van der Waals surface area contributed by atoms with Crippen molar-refractivity contribution in [3.8, 4) is 11.5 Å². The zero-order valence-electron chi connectivity index (χ0n) is 17.2. The quantitative estimate of drug-likeness (QED) is 0.432. The van der Waals surface area contributed by atoms with E-state index in [0.29, 0.717) is 17.0 Å². The molecule has 0 saturated carbocycles. The lowest BCUT2D eigenvalue weighted by Gasteiger charge is -2.21. The Balaban J connectivity index is 1.87. The summed E-state index contributed by atoms with van der Waals surface area (Å²) >= 11 is 6.17. The Bertz CT molecular complexity index is 1220. The van der Waals surface area contributed by atoms with Gasteiger partial charge in [0.1, 0.15) is 17.0 Å². The zero-order chi connectivity index (χ0) is 21.3. The lowest BCUT2D eigenvalue weighted by Crippen LogP contribution is -2.08. The van der Waals surface area contributed by atoms with Crippen molar-refractivity contribution in [1.29, 1.82) is 0 Å². The van der Waals surface area contributed by atoms with Gasteiger partial charge in [-0.05, 0) is 48.7 Å². The molecule has 0 spiro atoms. The minimum atomic E-state index is -0.126. The predicted molar refractivity (Wildman–Crippen MR) is 121 cm³/mol. The Morgan fingerprint density at radius 2 is 1.87 bits per heavy atom. The number of methoxy groups -OCH3 is 1. The number of nitrogens with zero attached hydrogens (tertiary/aromatic N) is 2. The Morgan fingerprint density at radius 1 is 1.03 bits per heavy atom. The lowest BCUT2D eigenvalue weighted by atomic mass is 9.85. The molecule has 0 fully saturated rings. The van der Waals surface area contributed by atoms with Gasteiger partial charge >= 0.3 is 0 Å². The summed E-state index contributed by atoms with van der Waals surface area (Å²) in [5, 5.41) is 12.6. The van der Waals surface area contributed by atoms with Crippen LogP contribution in [0.5, 0.6) is 11.5 Å². The summed E-state index contributed by atoms with van der Waals surface area (Å²) in [4.78, 5) is 8.91. The minimum absolute atomic E-state index is 0.126. The number of rotatable bonds is 5. The monoisotopic (exact) mass is 418 g/mol. The largest absolute Gasteiger partial charge is 0.505 e. The molecule has 2 aromatic heterocycles. The summed E-state index contributed by atoms with van der Waals surface area (Å²) in [5.74, 6) is 0.887. The molecule has 4 aromatic rings. The number of hydrogen-bond donors (Lipinski definition) is 1. The number of aryl methyl sites for hydroxylation is 2. The summed E-state index contributed by atoms with van der Waals surface area (Å²) < 4.78 is 5.55. The molecule has 0 amide bonds. The number of aromatic nitrogens is 2. The average Bonchev–Trinajstić information content (AvgIpc) is 2.76. The van der Waals surface area contributed by atoms with Crippen molar-refractivity contribution < 1.29 is 9.84 Å². The van der Waals surface area contributed by atoms with Gasteiger partial charge in [0.25, 0.3) is 0 Å². The average molecular weight is 419 g/mol. The van der Waals surface area contributed by atoms with Crippen LogP contribution in [0.4, 0.5) is 0 Å². The summed E-state index contributed by atoms with van der Waals surface area (Å²) in [6.45, 7) is 3.98. The fraction of sp³-hybridized carbons (Fsp3) is 0.200. The smallest absolute Gasteiger partial charge is 0.145 e. The van der Waals surface area contributed by atoms with Crippen molar-refractivity contribution in [2.75, 3.05) is 7.11 Å². The van der Waals surface area contributed by atoms with Gasteiger partial charge in [-0.3, -0.25) is 9.97 Å². The van der Waals surface area contributed by atoms with Crippen molar-refractivity contribution in [2.24, 2.45) is 0 Å². The van der Waals surface area contributed by atoms with E-state index in [1.807, 2.05) is 56.3 Å². The highest BCUT2D eigenvalue weighted by molar-refractivity contribution is 6.31. The number of phenolic OH excluding ortho intramolecular Hbond substituents is 1. The van der Waals surface area contributed by atoms with Crippen molar-refractivity contribution in [3.05, 3.63) is 93.9 Å². The van der Waals surface area contributed by atoms with E-state index in [1.54, 1.807) is 19.5 Å². The first-order chi connectivity index (χ1) is 14.5. The van der Waals surface area contributed by atoms with Crippen molar-refractivity contribution >= 4 is 22.5 Å². The van der Waals surface area contributed by atoms with E-state index in [0.717, 1.165) is 39.1 Å². The molecule has 30 heavy (non-hydrogen) atoms. The van der Waals surface area contributed by atoms with Crippen LogP contribution < -0.4 is 4.74 Å². The molecule has 2 heterocycles. The molecule has 1 atom stereocenters. The Labute approximate surface area is 181 Å². The summed E-state index contributed by atoms with van der Waals surface area (Å²) in [6.07, 6.45) is 3.98. The summed E-state index contributed by atoms with van der Waals surface area (Å²) in [7, 11) is 1.67. The molecule has 5 heteroatoms. The van der Waals surface area contributed by atoms with E-state index in [9.17, 15) is 5.11 Å². The van der Waals surface area contributed by atoms with Crippen LogP contribution in [-0.4, -0.2) is 22.2 Å². The lowest BCUT2D eigenvalue weighted by molar-refractivity contribution is 0.410. The van der Waals surface area contributed by atoms with E-state index in [2.05, 4.69) is 16.0 Å². The topological polar surface area (TPSA) is 55.2 Å². The van der Waals surface area contributed by atoms with E-state index in [1.165, 1.54) is 0 Å². The molecular weight excluding hydrogens is 396 g/mol. The normalized spacial score (nSPS) is 12.1. The van der Waals surface area contributed by atoms with Crippen molar-refractivity contribution in [2.45, 2.75) is 26.2 Å². The van der Waals surface area contributed by atoms with Gasteiger partial charge in [0.15, 0.2) is 0 Å². The van der Waals surface area contributed by atoms with Crippen LogP contribution in [0.1, 0.15) is 33.9 Å². The molecule has 2 aromatic carbocycles. The maximum absolute atomic E-state index is 11.1. The molecule has 0 radical (unpaired) electrons. The second-order valence-corrected chi connectivity index (χ2v) is 7.90. The highest BCUT2D eigenvalue weighted by Gasteiger charge is 2.22. The van der Waals surface area contributed by atoms with Crippen LogP contribution in [-0.2, 0) is 6.42 Å². The van der Waals surface area contributed by atoms with Crippen LogP contribution in [0.3, 0.4) is 0 Å². The number of aromatic hydroxyl groups is 1. The van der Waals surface area contributed by atoms with Gasteiger partial charge in [0.2, 0.25) is 0 Å². The number of phenols is 1. The first kappa shape index (κ1) is 20.2. The first-order valence-corrected chi connectivity index (χ1v) is 10.2. The summed E-state index contributed by atoms with van der Waals surface area (Å²) in [5.41, 5.74) is 5.39. The van der Waals surface area contributed by atoms with Gasteiger partial charge in [0.05, 0.1) is 12.1 Å². The van der Waals surface area contributed by atoms with Gasteiger partial charge < -0.3 is 9.84 Å². The third kappa shape index (κ3) is 3.83. The van der Waals surface area contributed by atoms with Gasteiger partial charge in [0, 0.05) is 41.4 Å².